The van der Waals surface area contributed by atoms with Gasteiger partial charge in [0.25, 0.3) is 5.91 Å². The molecule has 14 nitrogen and oxygen atoms in total. The maximum absolute atomic E-state index is 14.4. The number of carbonyl (C=O) groups is 2. The van der Waals surface area contributed by atoms with Crippen LogP contribution in [-0.2, 0) is 14.8 Å². The van der Waals surface area contributed by atoms with Gasteiger partial charge in [-0.05, 0) is 87.7 Å². The number of benzene rings is 3. The molecule has 3 amide bonds. The smallest absolute Gasteiger partial charge is 0.323 e. The molecule has 0 unspecified atom stereocenters. The molecule has 15 heteroatoms. The van der Waals surface area contributed by atoms with Gasteiger partial charge in [-0.2, -0.15) is 4.31 Å². The van der Waals surface area contributed by atoms with E-state index >= 15 is 0 Å². The number of nitrogens with one attached hydrogen (secondary N) is 2. The zero-order valence-corrected chi connectivity index (χ0v) is 31.0. The van der Waals surface area contributed by atoms with Crippen LogP contribution in [0.3, 0.4) is 0 Å². The fourth-order valence-corrected chi connectivity index (χ4v) is 7.19. The summed E-state index contributed by atoms with van der Waals surface area (Å²) in [5.74, 6) is 1.21. The Morgan fingerprint density at radius 2 is 1.67 bits per heavy atom. The van der Waals surface area contributed by atoms with Crippen molar-refractivity contribution in [2.75, 3.05) is 57.9 Å². The van der Waals surface area contributed by atoms with Crippen LogP contribution in [0.25, 0.3) is 0 Å². The van der Waals surface area contributed by atoms with Gasteiger partial charge in [0.15, 0.2) is 11.5 Å². The van der Waals surface area contributed by atoms with Gasteiger partial charge in [0.2, 0.25) is 16.8 Å². The number of sulfonamides is 1. The summed E-state index contributed by atoms with van der Waals surface area (Å²) in [6, 6.07) is 14.9. The van der Waals surface area contributed by atoms with E-state index < -0.39 is 34.1 Å². The van der Waals surface area contributed by atoms with Crippen molar-refractivity contribution in [3.63, 3.8) is 0 Å². The number of aliphatic hydroxyl groups is 1. The summed E-state index contributed by atoms with van der Waals surface area (Å²) in [7, 11) is -0.850. The van der Waals surface area contributed by atoms with Crippen molar-refractivity contribution in [3.8, 4) is 23.0 Å². The molecule has 0 saturated carbocycles. The Balaban J connectivity index is 1.39. The number of nitrogens with zero attached hydrogens (tertiary/aromatic N) is 2. The standard InChI is InChI=1S/C37H48N4O10S/c1-24-20-41(25(2)22-42)36(43)31-18-27(38-37(44)39-28-10-16-33-34(19-28)50-23-49-33)9-15-32(31)51-26(3)8-6-7-17-48-35(24)21-40(4)52(45,46)30-13-11-29(47-5)12-14-30/h9-16,18-19,24-26,35,42H,6-8,17,20-23H2,1-5H3,(H2,38,39,44)/t24-,25+,26-,35-/m1/s1. The van der Waals surface area contributed by atoms with Crippen LogP contribution >= 0.6 is 0 Å². The molecule has 282 valence electrons. The van der Waals surface area contributed by atoms with Gasteiger partial charge in [0, 0.05) is 50.1 Å². The maximum atomic E-state index is 14.4. The first-order valence-electron chi connectivity index (χ1n) is 17.3. The first kappa shape index (κ1) is 38.7. The van der Waals surface area contributed by atoms with Crippen molar-refractivity contribution in [1.82, 2.24) is 9.21 Å². The Labute approximate surface area is 305 Å². The number of rotatable bonds is 9. The van der Waals surface area contributed by atoms with Crippen molar-refractivity contribution < 1.29 is 46.8 Å². The third kappa shape index (κ3) is 9.45. The van der Waals surface area contributed by atoms with E-state index in [1.165, 1.54) is 35.5 Å². The van der Waals surface area contributed by atoms with E-state index in [0.717, 1.165) is 12.8 Å². The lowest BCUT2D eigenvalue weighted by atomic mass is 10.0. The monoisotopic (exact) mass is 740 g/mol. The Morgan fingerprint density at radius 3 is 2.37 bits per heavy atom. The Hall–Kier alpha value is -4.57. The van der Waals surface area contributed by atoms with Crippen LogP contribution in [0.1, 0.15) is 50.4 Å². The van der Waals surface area contributed by atoms with Crippen LogP contribution < -0.4 is 29.6 Å². The molecule has 52 heavy (non-hydrogen) atoms. The number of anilines is 2. The number of aliphatic hydroxyl groups excluding tert-OH is 1. The predicted molar refractivity (Wildman–Crippen MR) is 195 cm³/mol. The minimum atomic E-state index is -3.87. The molecule has 3 N–H and O–H groups in total. The summed E-state index contributed by atoms with van der Waals surface area (Å²) in [6.45, 7) is 5.90. The normalized spacial score (nSPS) is 20.3. The fourth-order valence-electron chi connectivity index (χ4n) is 6.01. The van der Waals surface area contributed by atoms with Gasteiger partial charge in [-0.3, -0.25) is 4.79 Å². The lowest BCUT2D eigenvalue weighted by molar-refractivity contribution is -0.00834. The van der Waals surface area contributed by atoms with Crippen molar-refractivity contribution in [2.45, 2.75) is 63.2 Å². The number of amides is 3. The number of ether oxygens (including phenoxy) is 5. The Kier molecular flexibility index (Phi) is 12.9. The highest BCUT2D eigenvalue weighted by Gasteiger charge is 2.32. The SMILES string of the molecule is COc1ccc(S(=O)(=O)N(C)C[C@H]2OCCCC[C@@H](C)Oc3ccc(NC(=O)Nc4ccc5c(c4)OCO5)cc3C(=O)N([C@@H](C)CO)C[C@H]2C)cc1. The van der Waals surface area contributed by atoms with Gasteiger partial charge >= 0.3 is 6.03 Å². The molecule has 0 radical (unpaired) electrons. The zero-order chi connectivity index (χ0) is 37.4. The third-order valence-electron chi connectivity index (χ3n) is 9.14. The second-order valence-corrected chi connectivity index (χ2v) is 15.2. The minimum Gasteiger partial charge on any atom is -0.497 e. The molecule has 2 aliphatic rings. The molecule has 0 bridgehead atoms. The van der Waals surface area contributed by atoms with E-state index in [-0.39, 0.29) is 49.0 Å². The summed E-state index contributed by atoms with van der Waals surface area (Å²) in [5.41, 5.74) is 1.04. The topological polar surface area (TPSA) is 165 Å². The molecule has 0 aromatic heterocycles. The number of methoxy groups -OCH3 is 1. The fraction of sp³-hybridized carbons (Fsp3) is 0.459. The van der Waals surface area contributed by atoms with Gasteiger partial charge in [0.05, 0.1) is 42.4 Å². The largest absolute Gasteiger partial charge is 0.497 e. The highest BCUT2D eigenvalue weighted by atomic mass is 32.2. The van der Waals surface area contributed by atoms with E-state index in [2.05, 4.69) is 10.6 Å². The van der Waals surface area contributed by atoms with Crippen molar-refractivity contribution in [2.24, 2.45) is 5.92 Å². The molecular weight excluding hydrogens is 692 g/mol. The highest BCUT2D eigenvalue weighted by Crippen LogP contribution is 2.34. The molecule has 4 atom stereocenters. The summed E-state index contributed by atoms with van der Waals surface area (Å²) in [5, 5.41) is 15.8. The van der Waals surface area contributed by atoms with Crippen LogP contribution in [0.5, 0.6) is 23.0 Å². The number of urea groups is 1. The van der Waals surface area contributed by atoms with Crippen LogP contribution in [0.2, 0.25) is 0 Å². The molecule has 2 heterocycles. The van der Waals surface area contributed by atoms with Gasteiger partial charge < -0.3 is 44.3 Å². The molecule has 0 fully saturated rings. The molecule has 2 aliphatic heterocycles. The summed E-state index contributed by atoms with van der Waals surface area (Å²) < 4.78 is 56.9. The van der Waals surface area contributed by atoms with Gasteiger partial charge in [0.1, 0.15) is 11.5 Å². The summed E-state index contributed by atoms with van der Waals surface area (Å²) in [6.07, 6.45) is 1.34. The van der Waals surface area contributed by atoms with Crippen LogP contribution in [0.15, 0.2) is 65.6 Å². The number of likely N-dealkylation sites (N-methyl/N-ethyl adjacent to an activating group) is 1. The first-order valence-corrected chi connectivity index (χ1v) is 18.8. The maximum Gasteiger partial charge on any atom is 0.323 e. The average Bonchev–Trinajstić information content (AvgIpc) is 3.60. The lowest BCUT2D eigenvalue weighted by Crippen LogP contribution is -2.48. The predicted octanol–water partition coefficient (Wildman–Crippen LogP) is 5.18. The van der Waals surface area contributed by atoms with Crippen LogP contribution in [-0.4, -0.2) is 100 Å². The zero-order valence-electron chi connectivity index (χ0n) is 30.2. The van der Waals surface area contributed by atoms with E-state index in [4.69, 9.17) is 23.7 Å². The third-order valence-corrected chi connectivity index (χ3v) is 11.0. The Morgan fingerprint density at radius 1 is 1.00 bits per heavy atom. The van der Waals surface area contributed by atoms with Crippen molar-refractivity contribution >= 4 is 33.3 Å². The van der Waals surface area contributed by atoms with Crippen LogP contribution in [0, 0.1) is 5.92 Å². The highest BCUT2D eigenvalue weighted by molar-refractivity contribution is 7.89. The minimum absolute atomic E-state index is 0.0354. The lowest BCUT2D eigenvalue weighted by Gasteiger charge is -2.35. The number of carbonyl (C=O) groups excluding carboxylic acids is 2. The molecule has 5 rings (SSSR count). The number of fused-ring (bicyclic) bond motifs is 2. The summed E-state index contributed by atoms with van der Waals surface area (Å²) in [4.78, 5) is 29.1. The van der Waals surface area contributed by atoms with E-state index in [0.29, 0.717) is 47.4 Å². The number of hydrogen-bond acceptors (Lipinski definition) is 10. The van der Waals surface area contributed by atoms with E-state index in [9.17, 15) is 23.1 Å². The average molecular weight is 741 g/mol. The first-order chi connectivity index (χ1) is 24.9. The molecule has 3 aromatic carbocycles. The molecular formula is C37H48N4O10S. The van der Waals surface area contributed by atoms with Gasteiger partial charge in [-0.1, -0.05) is 6.92 Å². The Bertz CT molecular complexity index is 1810. The van der Waals surface area contributed by atoms with Crippen LogP contribution in [0.4, 0.5) is 16.2 Å². The molecule has 0 aliphatic carbocycles. The second kappa shape index (κ2) is 17.3. The quantitative estimate of drug-likeness (QED) is 0.266. The van der Waals surface area contributed by atoms with E-state index in [1.807, 2.05) is 13.8 Å². The van der Waals surface area contributed by atoms with Crippen molar-refractivity contribution in [3.05, 3.63) is 66.2 Å². The van der Waals surface area contributed by atoms with Gasteiger partial charge in [-0.15, -0.1) is 0 Å². The number of hydrogen-bond donors (Lipinski definition) is 3. The molecule has 0 saturated heterocycles. The molecule has 3 aromatic rings. The van der Waals surface area contributed by atoms with E-state index in [1.54, 1.807) is 55.5 Å². The molecule has 0 spiro atoms. The van der Waals surface area contributed by atoms with Gasteiger partial charge in [-0.25, -0.2) is 13.2 Å². The summed E-state index contributed by atoms with van der Waals surface area (Å²) >= 11 is 0. The second-order valence-electron chi connectivity index (χ2n) is 13.1. The van der Waals surface area contributed by atoms with Crippen molar-refractivity contribution in [1.29, 1.82) is 0 Å².